The molecule has 0 spiro atoms. The van der Waals surface area contributed by atoms with Gasteiger partial charge in [0.2, 0.25) is 5.16 Å². The van der Waals surface area contributed by atoms with Crippen molar-refractivity contribution in [3.8, 4) is 0 Å². The predicted molar refractivity (Wildman–Crippen MR) is 109 cm³/mol. The number of nitrogens with one attached hydrogen (secondary N) is 1. The van der Waals surface area contributed by atoms with Crippen molar-refractivity contribution < 1.29 is 4.79 Å². The number of nitrogens with two attached hydrogens (primary N) is 1. The number of aryl methyl sites for hydroxylation is 2. The number of hydrogen-bond donors (Lipinski definition) is 2. The van der Waals surface area contributed by atoms with Gasteiger partial charge in [0, 0.05) is 35.3 Å². The van der Waals surface area contributed by atoms with Crippen LogP contribution in [0.25, 0.3) is 5.78 Å². The highest BCUT2D eigenvalue weighted by molar-refractivity contribution is 7.98. The average Bonchev–Trinajstić information content (AvgIpc) is 3.44. The van der Waals surface area contributed by atoms with Crippen molar-refractivity contribution in [1.29, 1.82) is 0 Å². The SMILES string of the molecule is Cc1cc(C)n2nc(SCc3ccccc3C(=O)NC(CN)C3CC3)nc2n1. The molecule has 146 valence electrons. The lowest BCUT2D eigenvalue weighted by Crippen LogP contribution is -2.42. The minimum absolute atomic E-state index is 0.0605. The first-order valence-corrected chi connectivity index (χ1v) is 10.5. The van der Waals surface area contributed by atoms with Crippen molar-refractivity contribution in [3.63, 3.8) is 0 Å². The fourth-order valence-electron chi connectivity index (χ4n) is 3.33. The molecule has 8 heteroatoms. The van der Waals surface area contributed by atoms with Crippen molar-refractivity contribution in [2.75, 3.05) is 6.54 Å². The lowest BCUT2D eigenvalue weighted by molar-refractivity contribution is 0.0933. The van der Waals surface area contributed by atoms with Gasteiger partial charge in [-0.3, -0.25) is 4.79 Å². The van der Waals surface area contributed by atoms with Gasteiger partial charge < -0.3 is 11.1 Å². The first-order chi connectivity index (χ1) is 13.5. The summed E-state index contributed by atoms with van der Waals surface area (Å²) in [5, 5.41) is 8.27. The van der Waals surface area contributed by atoms with Crippen LogP contribution in [0, 0.1) is 19.8 Å². The van der Waals surface area contributed by atoms with E-state index in [2.05, 4.69) is 20.4 Å². The van der Waals surface area contributed by atoms with Gasteiger partial charge in [0.1, 0.15) is 0 Å². The van der Waals surface area contributed by atoms with Crippen LogP contribution in [0.2, 0.25) is 0 Å². The second-order valence-corrected chi connectivity index (χ2v) is 8.19. The normalized spacial score (nSPS) is 15.0. The molecule has 0 aliphatic heterocycles. The summed E-state index contributed by atoms with van der Waals surface area (Å²) in [6.45, 7) is 4.40. The van der Waals surface area contributed by atoms with Crippen LogP contribution in [-0.4, -0.2) is 38.1 Å². The van der Waals surface area contributed by atoms with E-state index in [1.165, 1.54) is 11.8 Å². The van der Waals surface area contributed by atoms with Gasteiger partial charge in [-0.25, -0.2) is 9.50 Å². The second kappa shape index (κ2) is 7.89. The molecule has 7 nitrogen and oxygen atoms in total. The first kappa shape index (κ1) is 18.9. The van der Waals surface area contributed by atoms with Gasteiger partial charge in [0.25, 0.3) is 11.7 Å². The molecule has 2 heterocycles. The van der Waals surface area contributed by atoms with E-state index in [4.69, 9.17) is 5.73 Å². The number of carbonyl (C=O) groups excluding carboxylic acids is 1. The van der Waals surface area contributed by atoms with E-state index in [9.17, 15) is 4.79 Å². The minimum atomic E-state index is -0.0605. The highest BCUT2D eigenvalue weighted by Gasteiger charge is 2.31. The van der Waals surface area contributed by atoms with Crippen molar-refractivity contribution in [2.45, 2.75) is 43.6 Å². The van der Waals surface area contributed by atoms with Gasteiger partial charge in [-0.15, -0.1) is 5.10 Å². The second-order valence-electron chi connectivity index (χ2n) is 7.24. The lowest BCUT2D eigenvalue weighted by Gasteiger charge is -2.17. The maximum absolute atomic E-state index is 12.8. The molecule has 1 saturated carbocycles. The van der Waals surface area contributed by atoms with Gasteiger partial charge in [-0.2, -0.15) is 4.98 Å². The molecule has 0 radical (unpaired) electrons. The Morgan fingerprint density at radius 2 is 2.11 bits per heavy atom. The number of carbonyl (C=O) groups is 1. The highest BCUT2D eigenvalue weighted by atomic mass is 32.2. The average molecular weight is 397 g/mol. The molecule has 1 amide bonds. The molecule has 28 heavy (non-hydrogen) atoms. The van der Waals surface area contributed by atoms with Gasteiger partial charge in [0.15, 0.2) is 0 Å². The Balaban J connectivity index is 1.49. The fraction of sp³-hybridized carbons (Fsp3) is 0.400. The summed E-state index contributed by atoms with van der Waals surface area (Å²) < 4.78 is 1.75. The Morgan fingerprint density at radius 1 is 1.32 bits per heavy atom. The largest absolute Gasteiger partial charge is 0.348 e. The number of thioether (sulfide) groups is 1. The van der Waals surface area contributed by atoms with E-state index in [0.29, 0.717) is 34.7 Å². The Labute approximate surface area is 168 Å². The minimum Gasteiger partial charge on any atom is -0.348 e. The van der Waals surface area contributed by atoms with Crippen molar-refractivity contribution in [1.82, 2.24) is 24.9 Å². The molecular formula is C20H24N6OS. The topological polar surface area (TPSA) is 98.2 Å². The molecule has 3 N–H and O–H groups in total. The summed E-state index contributed by atoms with van der Waals surface area (Å²) in [4.78, 5) is 21.7. The number of fused-ring (bicyclic) bond motifs is 1. The Kier molecular flexibility index (Phi) is 5.32. The van der Waals surface area contributed by atoms with E-state index in [-0.39, 0.29) is 11.9 Å². The maximum Gasteiger partial charge on any atom is 0.253 e. The molecule has 0 saturated heterocycles. The van der Waals surface area contributed by atoms with Crippen molar-refractivity contribution >= 4 is 23.4 Å². The van der Waals surface area contributed by atoms with E-state index in [1.807, 2.05) is 44.2 Å². The van der Waals surface area contributed by atoms with E-state index in [1.54, 1.807) is 4.52 Å². The Bertz CT molecular complexity index is 1010. The lowest BCUT2D eigenvalue weighted by atomic mass is 10.1. The summed E-state index contributed by atoms with van der Waals surface area (Å²) in [6.07, 6.45) is 2.29. The van der Waals surface area contributed by atoms with Crippen LogP contribution in [0.4, 0.5) is 0 Å². The van der Waals surface area contributed by atoms with Crippen LogP contribution < -0.4 is 11.1 Å². The summed E-state index contributed by atoms with van der Waals surface area (Å²) in [6, 6.07) is 9.70. The molecule has 0 bridgehead atoms. The molecule has 1 aliphatic rings. The molecule has 1 atom stereocenters. The smallest absolute Gasteiger partial charge is 0.253 e. The van der Waals surface area contributed by atoms with Crippen molar-refractivity contribution in [2.24, 2.45) is 11.7 Å². The molecule has 1 aromatic carbocycles. The third-order valence-corrected chi connectivity index (χ3v) is 5.87. The number of nitrogens with zero attached hydrogens (tertiary/aromatic N) is 4. The molecule has 4 rings (SSSR count). The highest BCUT2D eigenvalue weighted by Crippen LogP contribution is 2.32. The van der Waals surface area contributed by atoms with Crippen LogP contribution in [0.15, 0.2) is 35.5 Å². The first-order valence-electron chi connectivity index (χ1n) is 9.48. The van der Waals surface area contributed by atoms with Crippen LogP contribution in [-0.2, 0) is 5.75 Å². The van der Waals surface area contributed by atoms with Crippen LogP contribution >= 0.6 is 11.8 Å². The van der Waals surface area contributed by atoms with Crippen molar-refractivity contribution in [3.05, 3.63) is 52.8 Å². The third kappa shape index (κ3) is 4.02. The van der Waals surface area contributed by atoms with Gasteiger partial charge in [-0.1, -0.05) is 30.0 Å². The van der Waals surface area contributed by atoms with E-state index >= 15 is 0 Å². The van der Waals surface area contributed by atoms with Gasteiger partial charge in [0.05, 0.1) is 0 Å². The Hall–Kier alpha value is -2.45. The van der Waals surface area contributed by atoms with Crippen LogP contribution in [0.5, 0.6) is 0 Å². The number of rotatable bonds is 7. The maximum atomic E-state index is 12.8. The molecule has 1 fully saturated rings. The summed E-state index contributed by atoms with van der Waals surface area (Å²) in [5.74, 6) is 1.67. The third-order valence-electron chi connectivity index (χ3n) is 4.98. The van der Waals surface area contributed by atoms with Gasteiger partial charge >= 0.3 is 0 Å². The van der Waals surface area contributed by atoms with E-state index in [0.717, 1.165) is 29.8 Å². The van der Waals surface area contributed by atoms with Crippen LogP contribution in [0.1, 0.15) is 40.2 Å². The molecule has 2 aromatic heterocycles. The molecule has 1 aliphatic carbocycles. The number of benzene rings is 1. The number of aromatic nitrogens is 4. The monoisotopic (exact) mass is 396 g/mol. The predicted octanol–water partition coefficient (Wildman–Crippen LogP) is 2.50. The zero-order valence-corrected chi connectivity index (χ0v) is 16.9. The summed E-state index contributed by atoms with van der Waals surface area (Å²) in [7, 11) is 0. The molecular weight excluding hydrogens is 372 g/mol. The number of amides is 1. The quantitative estimate of drug-likeness (QED) is 0.596. The summed E-state index contributed by atoms with van der Waals surface area (Å²) in [5.41, 5.74) is 9.38. The van der Waals surface area contributed by atoms with Crippen LogP contribution in [0.3, 0.4) is 0 Å². The van der Waals surface area contributed by atoms with E-state index < -0.39 is 0 Å². The standard InChI is InChI=1S/C20H24N6OS/c1-12-9-13(2)26-19(22-12)24-20(25-26)28-11-15-5-3-4-6-16(15)18(27)23-17(10-21)14-7-8-14/h3-6,9,14,17H,7-8,10-11,21H2,1-2H3,(H,23,27). The Morgan fingerprint density at radius 3 is 2.86 bits per heavy atom. The summed E-state index contributed by atoms with van der Waals surface area (Å²) >= 11 is 1.50. The molecule has 3 aromatic rings. The zero-order valence-electron chi connectivity index (χ0n) is 16.1. The fourth-order valence-corrected chi connectivity index (χ4v) is 4.15. The molecule has 1 unspecified atom stereocenters. The van der Waals surface area contributed by atoms with Gasteiger partial charge in [-0.05, 0) is 50.3 Å². The zero-order chi connectivity index (χ0) is 19.7. The number of hydrogen-bond acceptors (Lipinski definition) is 6.